The van der Waals surface area contributed by atoms with Crippen molar-refractivity contribution in [1.82, 2.24) is 5.32 Å². The van der Waals surface area contributed by atoms with Crippen molar-refractivity contribution >= 4 is 31.9 Å². The molecular weight excluding hydrogens is 394 g/mol. The van der Waals surface area contributed by atoms with Crippen molar-refractivity contribution in [3.63, 3.8) is 0 Å². The molecule has 21 heavy (non-hydrogen) atoms. The average molecular weight is 413 g/mol. The number of hydrogen-bond donors (Lipinski definition) is 1. The summed E-state index contributed by atoms with van der Waals surface area (Å²) in [6.45, 7) is 5.64. The van der Waals surface area contributed by atoms with Gasteiger partial charge in [0.2, 0.25) is 0 Å². The van der Waals surface area contributed by atoms with Gasteiger partial charge in [0.1, 0.15) is 12.4 Å². The monoisotopic (exact) mass is 411 g/mol. The summed E-state index contributed by atoms with van der Waals surface area (Å²) in [5.74, 6) is 0.923. The molecule has 0 fully saturated rings. The van der Waals surface area contributed by atoms with Crippen molar-refractivity contribution in [3.05, 3.63) is 62.5 Å². The van der Waals surface area contributed by atoms with Crippen LogP contribution < -0.4 is 10.1 Å². The van der Waals surface area contributed by atoms with E-state index >= 15 is 0 Å². The summed E-state index contributed by atoms with van der Waals surface area (Å²) >= 11 is 7.00. The summed E-state index contributed by atoms with van der Waals surface area (Å²) in [4.78, 5) is 0. The predicted octanol–water partition coefficient (Wildman–Crippen LogP) is 5.29. The fraction of sp³-hybridized carbons (Fsp3) is 0.294. The number of halogens is 2. The van der Waals surface area contributed by atoms with Crippen LogP contribution in [0.4, 0.5) is 0 Å². The summed E-state index contributed by atoms with van der Waals surface area (Å²) in [5.41, 5.74) is 2.31. The lowest BCUT2D eigenvalue weighted by atomic mass is 10.2. The number of nitrogens with one attached hydrogen (secondary N) is 1. The minimum absolute atomic E-state index is 0.446. The van der Waals surface area contributed by atoms with Crippen LogP contribution in [-0.4, -0.2) is 6.04 Å². The summed E-state index contributed by atoms with van der Waals surface area (Å²) in [7, 11) is 0. The molecule has 1 N–H and O–H groups in total. The van der Waals surface area contributed by atoms with Gasteiger partial charge in [0, 0.05) is 27.1 Å². The molecule has 0 heterocycles. The summed E-state index contributed by atoms with van der Waals surface area (Å²) in [5, 5.41) is 3.43. The zero-order valence-electron chi connectivity index (χ0n) is 12.2. The first-order chi connectivity index (χ1) is 10.0. The van der Waals surface area contributed by atoms with Crippen LogP contribution in [0.3, 0.4) is 0 Å². The van der Waals surface area contributed by atoms with E-state index in [0.29, 0.717) is 12.6 Å². The highest BCUT2D eigenvalue weighted by Gasteiger charge is 2.06. The average Bonchev–Trinajstić information content (AvgIpc) is 2.44. The Morgan fingerprint density at radius 2 is 1.81 bits per heavy atom. The molecule has 0 aromatic heterocycles. The predicted molar refractivity (Wildman–Crippen MR) is 94.6 cm³/mol. The Morgan fingerprint density at radius 3 is 2.52 bits per heavy atom. The molecule has 0 spiro atoms. The van der Waals surface area contributed by atoms with Gasteiger partial charge in [0.15, 0.2) is 0 Å². The van der Waals surface area contributed by atoms with E-state index in [0.717, 1.165) is 32.4 Å². The normalized spacial score (nSPS) is 10.9. The first-order valence-electron chi connectivity index (χ1n) is 6.93. The highest BCUT2D eigenvalue weighted by molar-refractivity contribution is 9.10. The van der Waals surface area contributed by atoms with Gasteiger partial charge in [-0.05, 0) is 35.9 Å². The van der Waals surface area contributed by atoms with E-state index in [1.165, 1.54) is 0 Å². The molecule has 0 unspecified atom stereocenters. The molecule has 0 radical (unpaired) electrons. The van der Waals surface area contributed by atoms with E-state index < -0.39 is 0 Å². The second-order valence-corrected chi connectivity index (χ2v) is 7.04. The molecule has 0 amide bonds. The zero-order valence-corrected chi connectivity index (χ0v) is 15.4. The molecule has 0 saturated carbocycles. The van der Waals surface area contributed by atoms with E-state index in [2.05, 4.69) is 69.2 Å². The Kier molecular flexibility index (Phi) is 6.27. The van der Waals surface area contributed by atoms with E-state index in [4.69, 9.17) is 4.74 Å². The second kappa shape index (κ2) is 7.97. The van der Waals surface area contributed by atoms with Gasteiger partial charge in [0.25, 0.3) is 0 Å². The lowest BCUT2D eigenvalue weighted by Crippen LogP contribution is -2.22. The van der Waals surface area contributed by atoms with Crippen LogP contribution in [-0.2, 0) is 13.2 Å². The van der Waals surface area contributed by atoms with Crippen LogP contribution in [0.1, 0.15) is 25.0 Å². The van der Waals surface area contributed by atoms with Gasteiger partial charge < -0.3 is 10.1 Å². The van der Waals surface area contributed by atoms with Gasteiger partial charge in [-0.25, -0.2) is 0 Å². The van der Waals surface area contributed by atoms with Crippen molar-refractivity contribution in [2.45, 2.75) is 33.0 Å². The van der Waals surface area contributed by atoms with E-state index in [9.17, 15) is 0 Å². The summed E-state index contributed by atoms with van der Waals surface area (Å²) < 4.78 is 8.12. The lowest BCUT2D eigenvalue weighted by Gasteiger charge is -2.14. The molecule has 0 saturated heterocycles. The Morgan fingerprint density at radius 1 is 1.05 bits per heavy atom. The first-order valence-corrected chi connectivity index (χ1v) is 8.52. The van der Waals surface area contributed by atoms with Crippen LogP contribution in [0, 0.1) is 0 Å². The largest absolute Gasteiger partial charge is 0.489 e. The fourth-order valence-corrected chi connectivity index (χ4v) is 2.78. The lowest BCUT2D eigenvalue weighted by molar-refractivity contribution is 0.301. The Labute approximate surface area is 143 Å². The fourth-order valence-electron chi connectivity index (χ4n) is 1.93. The maximum Gasteiger partial charge on any atom is 0.124 e. The van der Waals surface area contributed by atoms with Gasteiger partial charge in [-0.3, -0.25) is 0 Å². The van der Waals surface area contributed by atoms with Gasteiger partial charge >= 0.3 is 0 Å². The quantitative estimate of drug-likeness (QED) is 0.695. The maximum absolute atomic E-state index is 5.98. The van der Waals surface area contributed by atoms with Gasteiger partial charge in [-0.2, -0.15) is 0 Å². The molecule has 0 aliphatic rings. The Hall–Kier alpha value is -0.840. The zero-order chi connectivity index (χ0) is 15.2. The molecule has 4 heteroatoms. The highest BCUT2D eigenvalue weighted by atomic mass is 79.9. The van der Waals surface area contributed by atoms with Gasteiger partial charge in [-0.15, -0.1) is 0 Å². The molecule has 2 aromatic rings. The Bertz CT molecular complexity index is 599. The molecule has 0 aliphatic carbocycles. The first kappa shape index (κ1) is 16.5. The van der Waals surface area contributed by atoms with Crippen LogP contribution in [0.2, 0.25) is 0 Å². The molecule has 0 bridgehead atoms. The number of ether oxygens (including phenoxy) is 1. The maximum atomic E-state index is 5.98. The van der Waals surface area contributed by atoms with Crippen molar-refractivity contribution in [2.24, 2.45) is 0 Å². The van der Waals surface area contributed by atoms with Crippen LogP contribution in [0.5, 0.6) is 5.75 Å². The molecule has 112 valence electrons. The van der Waals surface area contributed by atoms with Crippen molar-refractivity contribution < 1.29 is 4.74 Å². The van der Waals surface area contributed by atoms with E-state index in [1.807, 2.05) is 24.3 Å². The molecule has 0 atom stereocenters. The van der Waals surface area contributed by atoms with E-state index in [-0.39, 0.29) is 0 Å². The number of benzene rings is 2. The van der Waals surface area contributed by atoms with Gasteiger partial charge in [-0.1, -0.05) is 57.8 Å². The van der Waals surface area contributed by atoms with E-state index in [1.54, 1.807) is 0 Å². The smallest absolute Gasteiger partial charge is 0.124 e. The molecular formula is C17H19Br2NO. The third-order valence-corrected chi connectivity index (χ3v) is 3.99. The van der Waals surface area contributed by atoms with Crippen LogP contribution in [0.15, 0.2) is 51.4 Å². The molecule has 2 nitrogen and oxygen atoms in total. The molecule has 0 aliphatic heterocycles. The topological polar surface area (TPSA) is 21.3 Å². The summed E-state index contributed by atoms with van der Waals surface area (Å²) in [6, 6.07) is 14.7. The third kappa shape index (κ3) is 5.46. The number of hydrogen-bond acceptors (Lipinski definition) is 2. The van der Waals surface area contributed by atoms with Crippen LogP contribution in [0.25, 0.3) is 0 Å². The van der Waals surface area contributed by atoms with Crippen molar-refractivity contribution in [3.8, 4) is 5.75 Å². The standard InChI is InChI=1S/C17H19Br2NO/c1-12(2)20-10-14-9-16(19)6-7-17(14)21-11-13-4-3-5-15(18)8-13/h3-9,12,20H,10-11H2,1-2H3. The number of rotatable bonds is 6. The second-order valence-electron chi connectivity index (χ2n) is 5.21. The van der Waals surface area contributed by atoms with Crippen molar-refractivity contribution in [1.29, 1.82) is 0 Å². The minimum Gasteiger partial charge on any atom is -0.489 e. The van der Waals surface area contributed by atoms with Crippen molar-refractivity contribution in [2.75, 3.05) is 0 Å². The molecule has 2 aromatic carbocycles. The highest BCUT2D eigenvalue weighted by Crippen LogP contribution is 2.24. The SMILES string of the molecule is CC(C)NCc1cc(Br)ccc1OCc1cccc(Br)c1. The van der Waals surface area contributed by atoms with Gasteiger partial charge in [0.05, 0.1) is 0 Å². The Balaban J connectivity index is 2.08. The van der Waals surface area contributed by atoms with Crippen LogP contribution >= 0.6 is 31.9 Å². The molecule has 2 rings (SSSR count). The third-order valence-electron chi connectivity index (χ3n) is 3.01. The minimum atomic E-state index is 0.446. The summed E-state index contributed by atoms with van der Waals surface area (Å²) in [6.07, 6.45) is 0.